The fourth-order valence-electron chi connectivity index (χ4n) is 0.927. The molecule has 0 bridgehead atoms. The summed E-state index contributed by atoms with van der Waals surface area (Å²) in [4.78, 5) is 22.5. The van der Waals surface area contributed by atoms with Gasteiger partial charge in [-0.05, 0) is 41.6 Å². The van der Waals surface area contributed by atoms with Gasteiger partial charge in [-0.1, -0.05) is 12.1 Å². The highest BCUT2D eigenvalue weighted by Crippen LogP contribution is 2.16. The minimum atomic E-state index is -0.736. The molecule has 0 saturated heterocycles. The average molecular weight is 353 g/mol. The van der Waals surface area contributed by atoms with Crippen molar-refractivity contribution in [1.29, 1.82) is 0 Å². The van der Waals surface area contributed by atoms with Gasteiger partial charge in [-0.2, -0.15) is 0 Å². The lowest BCUT2D eigenvalue weighted by Crippen LogP contribution is -2.38. The van der Waals surface area contributed by atoms with Crippen LogP contribution in [0.2, 0.25) is 0 Å². The van der Waals surface area contributed by atoms with Crippen LogP contribution in [0.25, 0.3) is 0 Å². The highest BCUT2D eigenvalue weighted by Gasteiger charge is 2.13. The Morgan fingerprint density at radius 2 is 2.00 bits per heavy atom. The third-order valence-corrected chi connectivity index (χ3v) is 2.86. The van der Waals surface area contributed by atoms with Gasteiger partial charge in [0, 0.05) is 3.57 Å². The van der Waals surface area contributed by atoms with Crippen LogP contribution in [0.3, 0.4) is 0 Å². The molecule has 2 N–H and O–H groups in total. The van der Waals surface area contributed by atoms with Crippen molar-refractivity contribution in [2.45, 2.75) is 12.3 Å². The SMILES string of the molecule is CC(Cl)C(=O)NC(=O)Nc1ccccc1I. The van der Waals surface area contributed by atoms with Crippen LogP contribution in [0.1, 0.15) is 6.92 Å². The van der Waals surface area contributed by atoms with E-state index in [1.165, 1.54) is 6.92 Å². The first-order valence-corrected chi connectivity index (χ1v) is 6.02. The van der Waals surface area contributed by atoms with Gasteiger partial charge in [-0.3, -0.25) is 10.1 Å². The molecule has 1 atom stereocenters. The smallest absolute Gasteiger partial charge is 0.307 e. The van der Waals surface area contributed by atoms with Crippen LogP contribution in [0.5, 0.6) is 0 Å². The lowest BCUT2D eigenvalue weighted by Gasteiger charge is -2.08. The summed E-state index contributed by atoms with van der Waals surface area (Å²) in [6.07, 6.45) is 0. The molecule has 16 heavy (non-hydrogen) atoms. The molecule has 0 heterocycles. The number of carbonyl (C=O) groups excluding carboxylic acids is 2. The minimum Gasteiger partial charge on any atom is -0.307 e. The van der Waals surface area contributed by atoms with E-state index in [1.807, 2.05) is 12.1 Å². The van der Waals surface area contributed by atoms with Crippen LogP contribution in [0.15, 0.2) is 24.3 Å². The molecule has 4 nitrogen and oxygen atoms in total. The van der Waals surface area contributed by atoms with E-state index in [4.69, 9.17) is 11.6 Å². The van der Waals surface area contributed by atoms with Crippen LogP contribution in [-0.2, 0) is 4.79 Å². The van der Waals surface area contributed by atoms with Crippen molar-refractivity contribution in [3.8, 4) is 0 Å². The van der Waals surface area contributed by atoms with Crippen LogP contribution < -0.4 is 10.6 Å². The van der Waals surface area contributed by atoms with Gasteiger partial charge in [0.15, 0.2) is 0 Å². The molecule has 1 aromatic rings. The first kappa shape index (κ1) is 13.2. The Balaban J connectivity index is 2.59. The number of halogens is 2. The molecule has 1 rings (SSSR count). The van der Waals surface area contributed by atoms with Crippen LogP contribution in [0, 0.1) is 3.57 Å². The molecule has 0 spiro atoms. The molecule has 0 aromatic heterocycles. The molecule has 0 fully saturated rings. The maximum Gasteiger partial charge on any atom is 0.325 e. The molecule has 6 heteroatoms. The van der Waals surface area contributed by atoms with E-state index in [2.05, 4.69) is 33.2 Å². The van der Waals surface area contributed by atoms with Crippen molar-refractivity contribution in [2.24, 2.45) is 0 Å². The molecular weight excluding hydrogens is 342 g/mol. The highest BCUT2D eigenvalue weighted by molar-refractivity contribution is 14.1. The number of benzene rings is 1. The number of rotatable bonds is 2. The van der Waals surface area contributed by atoms with Gasteiger partial charge in [0.1, 0.15) is 5.38 Å². The van der Waals surface area contributed by atoms with Crippen LogP contribution in [-0.4, -0.2) is 17.3 Å². The van der Waals surface area contributed by atoms with Gasteiger partial charge >= 0.3 is 6.03 Å². The van der Waals surface area contributed by atoms with Gasteiger partial charge in [-0.15, -0.1) is 11.6 Å². The van der Waals surface area contributed by atoms with E-state index in [0.29, 0.717) is 5.69 Å². The van der Waals surface area contributed by atoms with Crippen molar-refractivity contribution in [2.75, 3.05) is 5.32 Å². The van der Waals surface area contributed by atoms with Gasteiger partial charge in [0.25, 0.3) is 0 Å². The van der Waals surface area contributed by atoms with Gasteiger partial charge < -0.3 is 5.32 Å². The first-order chi connectivity index (χ1) is 7.50. The molecule has 0 saturated carbocycles. The molecular formula is C10H10ClIN2O2. The highest BCUT2D eigenvalue weighted by atomic mass is 127. The van der Waals surface area contributed by atoms with Crippen molar-refractivity contribution >= 4 is 51.8 Å². The maximum atomic E-state index is 11.4. The number of alkyl halides is 1. The number of carbonyl (C=O) groups is 2. The lowest BCUT2D eigenvalue weighted by atomic mass is 10.3. The van der Waals surface area contributed by atoms with Crippen molar-refractivity contribution < 1.29 is 9.59 Å². The standard InChI is InChI=1S/C10H10ClIN2O2/c1-6(11)9(15)14-10(16)13-8-5-3-2-4-7(8)12/h2-6H,1H3,(H2,13,14,15,16). The Labute approximate surface area is 112 Å². The number of hydrogen-bond donors (Lipinski definition) is 2. The third-order valence-electron chi connectivity index (χ3n) is 1.72. The predicted molar refractivity (Wildman–Crippen MR) is 71.6 cm³/mol. The van der Waals surface area contributed by atoms with E-state index < -0.39 is 17.3 Å². The zero-order valence-electron chi connectivity index (χ0n) is 8.46. The van der Waals surface area contributed by atoms with Crippen molar-refractivity contribution in [1.82, 2.24) is 5.32 Å². The number of imide groups is 1. The number of nitrogens with one attached hydrogen (secondary N) is 2. The Morgan fingerprint density at radius 3 is 2.56 bits per heavy atom. The Morgan fingerprint density at radius 1 is 1.38 bits per heavy atom. The topological polar surface area (TPSA) is 58.2 Å². The Bertz CT molecular complexity index is 410. The molecule has 0 radical (unpaired) electrons. The van der Waals surface area contributed by atoms with E-state index >= 15 is 0 Å². The number of amides is 3. The van der Waals surface area contributed by atoms with E-state index in [1.54, 1.807) is 12.1 Å². The second-order valence-corrected chi connectivity index (χ2v) is 4.86. The van der Waals surface area contributed by atoms with Crippen LogP contribution in [0.4, 0.5) is 10.5 Å². The molecule has 1 aromatic carbocycles. The van der Waals surface area contributed by atoms with Crippen LogP contribution >= 0.6 is 34.2 Å². The van der Waals surface area contributed by atoms with Gasteiger partial charge in [-0.25, -0.2) is 4.79 Å². The summed E-state index contributed by atoms with van der Waals surface area (Å²) in [5.74, 6) is -0.523. The summed E-state index contributed by atoms with van der Waals surface area (Å²) in [5.41, 5.74) is 0.649. The number of anilines is 1. The van der Waals surface area contributed by atoms with E-state index in [9.17, 15) is 9.59 Å². The van der Waals surface area contributed by atoms with Crippen molar-refractivity contribution in [3.05, 3.63) is 27.8 Å². The molecule has 0 aliphatic carbocycles. The largest absolute Gasteiger partial charge is 0.325 e. The normalized spacial score (nSPS) is 11.7. The van der Waals surface area contributed by atoms with Crippen molar-refractivity contribution in [3.63, 3.8) is 0 Å². The fraction of sp³-hybridized carbons (Fsp3) is 0.200. The summed E-state index contributed by atoms with van der Waals surface area (Å²) in [7, 11) is 0. The number of para-hydroxylation sites is 1. The number of urea groups is 1. The second-order valence-electron chi connectivity index (χ2n) is 3.04. The van der Waals surface area contributed by atoms with E-state index in [-0.39, 0.29) is 0 Å². The zero-order valence-corrected chi connectivity index (χ0v) is 11.4. The molecule has 86 valence electrons. The van der Waals surface area contributed by atoms with Gasteiger partial charge in [0.2, 0.25) is 5.91 Å². The van der Waals surface area contributed by atoms with E-state index in [0.717, 1.165) is 3.57 Å². The second kappa shape index (κ2) is 6.05. The number of hydrogen-bond acceptors (Lipinski definition) is 2. The summed E-state index contributed by atoms with van der Waals surface area (Å²) < 4.78 is 0.890. The quantitative estimate of drug-likeness (QED) is 0.635. The average Bonchev–Trinajstić information content (AvgIpc) is 2.21. The Hall–Kier alpha value is -0.820. The summed E-state index contributed by atoms with van der Waals surface area (Å²) in [6.45, 7) is 1.50. The Kier molecular flexibility index (Phi) is 5.01. The maximum absolute atomic E-state index is 11.4. The first-order valence-electron chi connectivity index (χ1n) is 4.51. The summed E-state index contributed by atoms with van der Waals surface area (Å²) in [5, 5.41) is 3.95. The molecule has 0 aliphatic rings. The fourth-order valence-corrected chi connectivity index (χ4v) is 1.50. The third kappa shape index (κ3) is 3.97. The summed E-state index contributed by atoms with van der Waals surface area (Å²) >= 11 is 7.60. The molecule has 0 aliphatic heterocycles. The minimum absolute atomic E-state index is 0.523. The lowest BCUT2D eigenvalue weighted by molar-refractivity contribution is -0.119. The summed E-state index contributed by atoms with van der Waals surface area (Å²) in [6, 6.07) is 6.67. The zero-order chi connectivity index (χ0) is 12.1. The monoisotopic (exact) mass is 352 g/mol. The predicted octanol–water partition coefficient (Wildman–Crippen LogP) is 2.57. The molecule has 1 unspecified atom stereocenters. The van der Waals surface area contributed by atoms with Gasteiger partial charge in [0.05, 0.1) is 5.69 Å². The molecule has 3 amide bonds.